The maximum Gasteiger partial charge on any atom is -0.00744 e. The Morgan fingerprint density at radius 2 is 2.20 bits per heavy atom. The molecule has 1 aromatic rings. The highest BCUT2D eigenvalue weighted by Gasteiger charge is 2.30. The van der Waals surface area contributed by atoms with Gasteiger partial charge in [-0.3, -0.25) is 0 Å². The highest BCUT2D eigenvalue weighted by Crippen LogP contribution is 2.40. The summed E-state index contributed by atoms with van der Waals surface area (Å²) in [4.78, 5) is 0. The molecule has 0 bridgehead atoms. The molecule has 2 rings (SSSR count). The molecule has 1 nitrogen and oxygen atoms in total. The summed E-state index contributed by atoms with van der Waals surface area (Å²) < 4.78 is 0. The smallest absolute Gasteiger partial charge is 0.00744 e. The summed E-state index contributed by atoms with van der Waals surface area (Å²) in [6, 6.07) is 8.89. The van der Waals surface area contributed by atoms with Crippen molar-refractivity contribution in [3.05, 3.63) is 35.4 Å². The van der Waals surface area contributed by atoms with Gasteiger partial charge in [-0.15, -0.1) is 0 Å². The SMILES string of the molecule is Cc1cccc(CC(CCN)C2CC2)c1. The minimum absolute atomic E-state index is 0.830. The topological polar surface area (TPSA) is 26.0 Å². The van der Waals surface area contributed by atoms with Gasteiger partial charge in [-0.1, -0.05) is 29.8 Å². The van der Waals surface area contributed by atoms with Crippen LogP contribution in [0.4, 0.5) is 0 Å². The summed E-state index contributed by atoms with van der Waals surface area (Å²) in [7, 11) is 0. The average Bonchev–Trinajstić information content (AvgIpc) is 3.00. The zero-order valence-electron chi connectivity index (χ0n) is 9.58. The van der Waals surface area contributed by atoms with Gasteiger partial charge in [0.1, 0.15) is 0 Å². The molecular weight excluding hydrogens is 182 g/mol. The van der Waals surface area contributed by atoms with Crippen molar-refractivity contribution < 1.29 is 0 Å². The normalized spacial score (nSPS) is 17.7. The second kappa shape index (κ2) is 4.80. The Bertz CT molecular complexity index is 315. The number of benzene rings is 1. The van der Waals surface area contributed by atoms with Gasteiger partial charge in [-0.25, -0.2) is 0 Å². The van der Waals surface area contributed by atoms with Crippen molar-refractivity contribution in [3.63, 3.8) is 0 Å². The number of hydrogen-bond donors (Lipinski definition) is 1. The van der Waals surface area contributed by atoms with E-state index in [-0.39, 0.29) is 0 Å². The zero-order chi connectivity index (χ0) is 10.7. The summed E-state index contributed by atoms with van der Waals surface area (Å²) in [5.41, 5.74) is 8.54. The molecule has 0 spiro atoms. The van der Waals surface area contributed by atoms with E-state index < -0.39 is 0 Å². The zero-order valence-corrected chi connectivity index (χ0v) is 9.58. The lowest BCUT2D eigenvalue weighted by Gasteiger charge is -2.15. The molecular formula is C14H21N. The summed E-state index contributed by atoms with van der Waals surface area (Å²) in [5.74, 6) is 1.80. The summed E-state index contributed by atoms with van der Waals surface area (Å²) in [6.45, 7) is 3.01. The Labute approximate surface area is 92.7 Å². The van der Waals surface area contributed by atoms with Crippen molar-refractivity contribution in [2.24, 2.45) is 17.6 Å². The Balaban J connectivity index is 1.98. The Hall–Kier alpha value is -0.820. The Morgan fingerprint density at radius 3 is 2.80 bits per heavy atom. The van der Waals surface area contributed by atoms with E-state index in [2.05, 4.69) is 31.2 Å². The van der Waals surface area contributed by atoms with E-state index in [1.165, 1.54) is 36.8 Å². The third-order valence-corrected chi connectivity index (χ3v) is 3.41. The van der Waals surface area contributed by atoms with Crippen molar-refractivity contribution in [3.8, 4) is 0 Å². The van der Waals surface area contributed by atoms with Crippen LogP contribution in [0.5, 0.6) is 0 Å². The first-order chi connectivity index (χ1) is 7.29. The maximum absolute atomic E-state index is 5.68. The first kappa shape index (κ1) is 10.7. The minimum Gasteiger partial charge on any atom is -0.330 e. The van der Waals surface area contributed by atoms with Crippen LogP contribution in [0.15, 0.2) is 24.3 Å². The van der Waals surface area contributed by atoms with Gasteiger partial charge in [-0.05, 0) is 56.6 Å². The lowest BCUT2D eigenvalue weighted by atomic mass is 9.91. The van der Waals surface area contributed by atoms with Gasteiger partial charge in [0.05, 0.1) is 0 Å². The molecule has 0 saturated heterocycles. The van der Waals surface area contributed by atoms with Crippen LogP contribution < -0.4 is 5.73 Å². The summed E-state index contributed by atoms with van der Waals surface area (Å²) >= 11 is 0. The number of nitrogens with two attached hydrogens (primary N) is 1. The number of hydrogen-bond acceptors (Lipinski definition) is 1. The van der Waals surface area contributed by atoms with E-state index >= 15 is 0 Å². The molecule has 1 fully saturated rings. The predicted octanol–water partition coefficient (Wildman–Crippen LogP) is 2.91. The molecule has 1 heteroatoms. The fourth-order valence-corrected chi connectivity index (χ4v) is 2.43. The lowest BCUT2D eigenvalue weighted by molar-refractivity contribution is 0.432. The lowest BCUT2D eigenvalue weighted by Crippen LogP contribution is -2.13. The van der Waals surface area contributed by atoms with Gasteiger partial charge in [0.25, 0.3) is 0 Å². The molecule has 1 aliphatic carbocycles. The van der Waals surface area contributed by atoms with Crippen molar-refractivity contribution in [1.82, 2.24) is 0 Å². The number of aryl methyl sites for hydroxylation is 1. The Morgan fingerprint density at radius 1 is 1.40 bits per heavy atom. The van der Waals surface area contributed by atoms with Crippen LogP contribution >= 0.6 is 0 Å². The Kier molecular flexibility index (Phi) is 3.42. The van der Waals surface area contributed by atoms with Gasteiger partial charge in [0.2, 0.25) is 0 Å². The molecule has 0 aromatic heterocycles. The van der Waals surface area contributed by atoms with Gasteiger partial charge in [-0.2, -0.15) is 0 Å². The van der Waals surface area contributed by atoms with Crippen molar-refractivity contribution in [2.45, 2.75) is 32.6 Å². The fraction of sp³-hybridized carbons (Fsp3) is 0.571. The van der Waals surface area contributed by atoms with Crippen LogP contribution in [0.25, 0.3) is 0 Å². The molecule has 1 saturated carbocycles. The average molecular weight is 203 g/mol. The van der Waals surface area contributed by atoms with Crippen molar-refractivity contribution >= 4 is 0 Å². The molecule has 0 amide bonds. The largest absolute Gasteiger partial charge is 0.330 e. The number of rotatable bonds is 5. The first-order valence-corrected chi connectivity index (χ1v) is 6.05. The van der Waals surface area contributed by atoms with E-state index in [0.717, 1.165) is 18.4 Å². The fourth-order valence-electron chi connectivity index (χ4n) is 2.43. The molecule has 1 atom stereocenters. The van der Waals surface area contributed by atoms with Crippen LogP contribution in [0, 0.1) is 18.8 Å². The van der Waals surface area contributed by atoms with Crippen molar-refractivity contribution in [1.29, 1.82) is 0 Å². The second-order valence-corrected chi connectivity index (χ2v) is 4.87. The van der Waals surface area contributed by atoms with Gasteiger partial charge in [0, 0.05) is 0 Å². The van der Waals surface area contributed by atoms with E-state index in [0.29, 0.717) is 0 Å². The molecule has 0 radical (unpaired) electrons. The summed E-state index contributed by atoms with van der Waals surface area (Å²) in [5, 5.41) is 0. The standard InChI is InChI=1S/C14H21N/c1-11-3-2-4-12(9-11)10-14(7-8-15)13-5-6-13/h2-4,9,13-14H,5-8,10,15H2,1H3. The predicted molar refractivity (Wildman–Crippen MR) is 64.8 cm³/mol. The van der Waals surface area contributed by atoms with E-state index in [1.807, 2.05) is 0 Å². The van der Waals surface area contributed by atoms with Crippen LogP contribution in [0.2, 0.25) is 0 Å². The molecule has 82 valence electrons. The minimum atomic E-state index is 0.830. The molecule has 15 heavy (non-hydrogen) atoms. The van der Waals surface area contributed by atoms with Gasteiger partial charge >= 0.3 is 0 Å². The molecule has 0 heterocycles. The molecule has 2 N–H and O–H groups in total. The van der Waals surface area contributed by atoms with Gasteiger partial charge in [0.15, 0.2) is 0 Å². The monoisotopic (exact) mass is 203 g/mol. The summed E-state index contributed by atoms with van der Waals surface area (Å²) in [6.07, 6.45) is 5.27. The third kappa shape index (κ3) is 3.07. The van der Waals surface area contributed by atoms with Crippen molar-refractivity contribution in [2.75, 3.05) is 6.54 Å². The second-order valence-electron chi connectivity index (χ2n) is 4.87. The van der Waals surface area contributed by atoms with Crippen LogP contribution in [-0.4, -0.2) is 6.54 Å². The van der Waals surface area contributed by atoms with E-state index in [4.69, 9.17) is 5.73 Å². The van der Waals surface area contributed by atoms with Crippen LogP contribution in [0.1, 0.15) is 30.4 Å². The highest BCUT2D eigenvalue weighted by atomic mass is 14.5. The maximum atomic E-state index is 5.68. The molecule has 0 aliphatic heterocycles. The van der Waals surface area contributed by atoms with Gasteiger partial charge < -0.3 is 5.73 Å². The molecule has 1 aromatic carbocycles. The highest BCUT2D eigenvalue weighted by molar-refractivity contribution is 5.22. The van der Waals surface area contributed by atoms with E-state index in [1.54, 1.807) is 0 Å². The molecule has 1 aliphatic rings. The quantitative estimate of drug-likeness (QED) is 0.782. The van der Waals surface area contributed by atoms with E-state index in [9.17, 15) is 0 Å². The van der Waals surface area contributed by atoms with Crippen LogP contribution in [0.3, 0.4) is 0 Å². The third-order valence-electron chi connectivity index (χ3n) is 3.41. The first-order valence-electron chi connectivity index (χ1n) is 6.05. The van der Waals surface area contributed by atoms with Crippen LogP contribution in [-0.2, 0) is 6.42 Å². The molecule has 1 unspecified atom stereocenters.